The van der Waals surface area contributed by atoms with Crippen molar-refractivity contribution in [2.75, 3.05) is 19.5 Å². The van der Waals surface area contributed by atoms with Crippen LogP contribution in [0.5, 0.6) is 5.75 Å². The topological polar surface area (TPSA) is 47.0 Å². The van der Waals surface area contributed by atoms with Crippen LogP contribution in [-0.2, 0) is 0 Å². The average Bonchev–Trinajstić information content (AvgIpc) is 2.47. The van der Waals surface area contributed by atoms with Gasteiger partial charge in [0.25, 0.3) is 0 Å². The van der Waals surface area contributed by atoms with E-state index in [4.69, 9.17) is 21.3 Å². The molecular weight excluding hydrogens is 286 g/mol. The Morgan fingerprint density at radius 3 is 2.52 bits per heavy atom. The van der Waals surface area contributed by atoms with Gasteiger partial charge in [0, 0.05) is 29.1 Å². The third kappa shape index (κ3) is 3.10. The fourth-order valence-electron chi connectivity index (χ4n) is 2.16. The van der Waals surface area contributed by atoms with Crippen molar-refractivity contribution < 1.29 is 4.74 Å². The summed E-state index contributed by atoms with van der Waals surface area (Å²) < 4.78 is 5.44. The van der Waals surface area contributed by atoms with Crippen LogP contribution in [0.2, 0.25) is 5.02 Å². The summed E-state index contributed by atoms with van der Waals surface area (Å²) in [6, 6.07) is 5.54. The number of halogens is 1. The van der Waals surface area contributed by atoms with Crippen LogP contribution in [-0.4, -0.2) is 24.1 Å². The minimum Gasteiger partial charge on any atom is -0.496 e. The number of hydrogen-bond donors (Lipinski definition) is 1. The van der Waals surface area contributed by atoms with Crippen LogP contribution in [0.4, 0.5) is 5.82 Å². The first-order chi connectivity index (χ1) is 9.97. The minimum absolute atomic E-state index is 0.238. The molecule has 0 amide bonds. The van der Waals surface area contributed by atoms with Gasteiger partial charge < -0.3 is 10.1 Å². The molecule has 1 heterocycles. The first-order valence-electron chi connectivity index (χ1n) is 6.88. The largest absolute Gasteiger partial charge is 0.496 e. The molecule has 0 aliphatic heterocycles. The summed E-state index contributed by atoms with van der Waals surface area (Å²) in [5.41, 5.74) is 2.70. The maximum atomic E-state index is 6.14. The number of rotatable bonds is 4. The van der Waals surface area contributed by atoms with E-state index in [0.717, 1.165) is 34.2 Å². The predicted octanol–water partition coefficient (Wildman–Crippen LogP) is 4.28. The van der Waals surface area contributed by atoms with E-state index in [9.17, 15) is 0 Å². The number of methoxy groups -OCH3 is 1. The van der Waals surface area contributed by atoms with Crippen molar-refractivity contribution in [3.8, 4) is 17.0 Å². The third-order valence-electron chi connectivity index (χ3n) is 3.33. The molecule has 4 nitrogen and oxygen atoms in total. The highest BCUT2D eigenvalue weighted by Crippen LogP contribution is 2.35. The van der Waals surface area contributed by atoms with E-state index >= 15 is 0 Å². The number of benzene rings is 1. The summed E-state index contributed by atoms with van der Waals surface area (Å²) in [4.78, 5) is 9.27. The molecule has 0 saturated carbocycles. The average molecular weight is 306 g/mol. The van der Waals surface area contributed by atoms with Crippen LogP contribution < -0.4 is 10.1 Å². The summed E-state index contributed by atoms with van der Waals surface area (Å²) >= 11 is 6.14. The van der Waals surface area contributed by atoms with Gasteiger partial charge in [0.1, 0.15) is 17.4 Å². The normalized spacial score (nSPS) is 10.8. The Balaban J connectivity index is 2.73. The fourth-order valence-corrected chi connectivity index (χ4v) is 2.34. The van der Waals surface area contributed by atoms with Gasteiger partial charge in [0.05, 0.1) is 12.8 Å². The first kappa shape index (κ1) is 15.6. The van der Waals surface area contributed by atoms with Gasteiger partial charge in [-0.1, -0.05) is 25.4 Å². The molecular formula is C16H20ClN3O. The van der Waals surface area contributed by atoms with Crippen LogP contribution >= 0.6 is 11.6 Å². The van der Waals surface area contributed by atoms with E-state index < -0.39 is 0 Å². The van der Waals surface area contributed by atoms with Crippen molar-refractivity contribution in [2.24, 2.45) is 0 Å². The van der Waals surface area contributed by atoms with Gasteiger partial charge >= 0.3 is 0 Å². The van der Waals surface area contributed by atoms with Gasteiger partial charge in [-0.2, -0.15) is 0 Å². The Morgan fingerprint density at radius 1 is 1.24 bits per heavy atom. The lowest BCUT2D eigenvalue weighted by molar-refractivity contribution is 0.416. The Labute approximate surface area is 130 Å². The highest BCUT2D eigenvalue weighted by molar-refractivity contribution is 6.31. The van der Waals surface area contributed by atoms with Crippen LogP contribution in [0.1, 0.15) is 31.2 Å². The minimum atomic E-state index is 0.238. The highest BCUT2D eigenvalue weighted by Gasteiger charge is 2.17. The molecule has 0 saturated heterocycles. The second kappa shape index (κ2) is 6.31. The molecule has 2 aromatic rings. The molecule has 0 radical (unpaired) electrons. The summed E-state index contributed by atoms with van der Waals surface area (Å²) in [6.45, 7) is 6.14. The second-order valence-corrected chi connectivity index (χ2v) is 5.59. The van der Waals surface area contributed by atoms with E-state index in [1.165, 1.54) is 0 Å². The number of nitrogens with one attached hydrogen (secondary N) is 1. The number of nitrogens with zero attached hydrogens (tertiary/aromatic N) is 2. The molecule has 0 spiro atoms. The number of anilines is 1. The fraction of sp³-hybridized carbons (Fsp3) is 0.375. The smallest absolute Gasteiger partial charge is 0.133 e. The molecule has 5 heteroatoms. The predicted molar refractivity (Wildman–Crippen MR) is 87.4 cm³/mol. The molecule has 0 aliphatic rings. The van der Waals surface area contributed by atoms with Crippen molar-refractivity contribution in [3.63, 3.8) is 0 Å². The van der Waals surface area contributed by atoms with Gasteiger partial charge in [-0.25, -0.2) is 9.97 Å². The standard InChI is InChI=1S/C16H20ClN3O/c1-9(2)15-19-14(10(3)16(18-4)20-15)12-8-11(17)6-7-13(12)21-5/h6-9H,1-5H3,(H,18,19,20). The molecule has 1 N–H and O–H groups in total. The molecule has 1 aromatic heterocycles. The van der Waals surface area contributed by atoms with Crippen molar-refractivity contribution in [2.45, 2.75) is 26.7 Å². The second-order valence-electron chi connectivity index (χ2n) is 5.15. The summed E-state index contributed by atoms with van der Waals surface area (Å²) in [5, 5.41) is 3.78. The summed E-state index contributed by atoms with van der Waals surface area (Å²) in [7, 11) is 3.50. The SMILES string of the molecule is CNc1nc(C(C)C)nc(-c2cc(Cl)ccc2OC)c1C. The molecule has 0 unspecified atom stereocenters. The van der Waals surface area contributed by atoms with E-state index in [1.807, 2.05) is 32.2 Å². The van der Waals surface area contributed by atoms with Crippen molar-refractivity contribution in [1.82, 2.24) is 9.97 Å². The number of aromatic nitrogens is 2. The Kier molecular flexibility index (Phi) is 4.68. The van der Waals surface area contributed by atoms with E-state index in [0.29, 0.717) is 5.02 Å². The Bertz CT molecular complexity index is 656. The van der Waals surface area contributed by atoms with Crippen LogP contribution in [0.25, 0.3) is 11.3 Å². The Hall–Kier alpha value is -1.81. The van der Waals surface area contributed by atoms with Gasteiger partial charge in [-0.05, 0) is 25.1 Å². The van der Waals surface area contributed by atoms with Crippen LogP contribution in [0, 0.1) is 6.92 Å². The zero-order valence-electron chi connectivity index (χ0n) is 13.0. The monoisotopic (exact) mass is 305 g/mol. The molecule has 1 aromatic carbocycles. The van der Waals surface area contributed by atoms with Crippen molar-refractivity contribution >= 4 is 17.4 Å². The number of hydrogen-bond acceptors (Lipinski definition) is 4. The quantitative estimate of drug-likeness (QED) is 0.916. The van der Waals surface area contributed by atoms with Crippen LogP contribution in [0.3, 0.4) is 0 Å². The number of ether oxygens (including phenoxy) is 1. The van der Waals surface area contributed by atoms with Crippen LogP contribution in [0.15, 0.2) is 18.2 Å². The molecule has 112 valence electrons. The molecule has 0 atom stereocenters. The maximum absolute atomic E-state index is 6.14. The van der Waals surface area contributed by atoms with E-state index in [2.05, 4.69) is 24.1 Å². The van der Waals surface area contributed by atoms with Gasteiger partial charge in [0.15, 0.2) is 0 Å². The zero-order valence-corrected chi connectivity index (χ0v) is 13.7. The lowest BCUT2D eigenvalue weighted by atomic mass is 10.0. The molecule has 0 bridgehead atoms. The van der Waals surface area contributed by atoms with E-state index in [-0.39, 0.29) is 5.92 Å². The molecule has 21 heavy (non-hydrogen) atoms. The Morgan fingerprint density at radius 2 is 1.95 bits per heavy atom. The lowest BCUT2D eigenvalue weighted by Crippen LogP contribution is -2.07. The molecule has 0 fully saturated rings. The summed E-state index contributed by atoms with van der Waals surface area (Å²) in [5.74, 6) is 2.60. The van der Waals surface area contributed by atoms with Gasteiger partial charge in [-0.3, -0.25) is 0 Å². The van der Waals surface area contributed by atoms with Gasteiger partial charge in [0.2, 0.25) is 0 Å². The zero-order chi connectivity index (χ0) is 15.6. The van der Waals surface area contributed by atoms with Gasteiger partial charge in [-0.15, -0.1) is 0 Å². The lowest BCUT2D eigenvalue weighted by Gasteiger charge is -2.16. The van der Waals surface area contributed by atoms with E-state index in [1.54, 1.807) is 7.11 Å². The molecule has 0 aliphatic carbocycles. The third-order valence-corrected chi connectivity index (χ3v) is 3.57. The maximum Gasteiger partial charge on any atom is 0.133 e. The van der Waals surface area contributed by atoms with Crippen molar-refractivity contribution in [3.05, 3.63) is 34.6 Å². The van der Waals surface area contributed by atoms with Crippen molar-refractivity contribution in [1.29, 1.82) is 0 Å². The first-order valence-corrected chi connectivity index (χ1v) is 7.26. The highest BCUT2D eigenvalue weighted by atomic mass is 35.5. The summed E-state index contributed by atoms with van der Waals surface area (Å²) in [6.07, 6.45) is 0. The molecule has 2 rings (SSSR count).